The molecule has 2 rings (SSSR count). The smallest absolute Gasteiger partial charge is 0.328 e. The molecule has 0 unspecified atom stereocenters. The quantitative estimate of drug-likeness (QED) is 0.813. The van der Waals surface area contributed by atoms with Crippen LogP contribution in [0.3, 0.4) is 0 Å². The Labute approximate surface area is 80.3 Å². The molecule has 2 heterocycles. The molecule has 0 amide bonds. The van der Waals surface area contributed by atoms with Crippen LogP contribution < -0.4 is 4.72 Å². The molecule has 7 heteroatoms. The van der Waals surface area contributed by atoms with Gasteiger partial charge in [0.05, 0.1) is 0 Å². The van der Waals surface area contributed by atoms with Gasteiger partial charge in [0.1, 0.15) is 6.26 Å². The van der Waals surface area contributed by atoms with Crippen LogP contribution in [-0.4, -0.2) is 17.5 Å². The third kappa shape index (κ3) is 1.62. The predicted octanol–water partition coefficient (Wildman–Crippen LogP) is 0.681. The molecule has 74 valence electrons. The third-order valence-corrected chi connectivity index (χ3v) is 2.79. The standard InChI is InChI=1S/C7H7N3O3S/c11-14(12,10-4-1-2-5-10)9-7-3-6-13-8-7/h1-6H,(H,8,9). The van der Waals surface area contributed by atoms with Crippen LogP contribution in [0.1, 0.15) is 0 Å². The molecule has 0 radical (unpaired) electrons. The lowest BCUT2D eigenvalue weighted by molar-refractivity contribution is 0.423. The maximum atomic E-state index is 11.5. The first-order valence-electron chi connectivity index (χ1n) is 3.75. The number of nitrogens with zero attached hydrogens (tertiary/aromatic N) is 2. The van der Waals surface area contributed by atoms with Gasteiger partial charge in [-0.2, -0.15) is 8.42 Å². The van der Waals surface area contributed by atoms with Gasteiger partial charge < -0.3 is 4.52 Å². The summed E-state index contributed by atoms with van der Waals surface area (Å²) < 4.78 is 30.8. The van der Waals surface area contributed by atoms with Crippen molar-refractivity contribution in [1.29, 1.82) is 0 Å². The fraction of sp³-hybridized carbons (Fsp3) is 0. The van der Waals surface area contributed by atoms with Gasteiger partial charge in [-0.1, -0.05) is 5.16 Å². The number of hydrogen-bond donors (Lipinski definition) is 1. The summed E-state index contributed by atoms with van der Waals surface area (Å²) in [6, 6.07) is 4.64. The zero-order valence-electron chi connectivity index (χ0n) is 6.99. The van der Waals surface area contributed by atoms with Crippen LogP contribution in [0.15, 0.2) is 41.4 Å². The molecule has 0 bridgehead atoms. The summed E-state index contributed by atoms with van der Waals surface area (Å²) in [7, 11) is -3.60. The van der Waals surface area contributed by atoms with Crippen LogP contribution in [0.2, 0.25) is 0 Å². The minimum Gasteiger partial charge on any atom is -0.363 e. The van der Waals surface area contributed by atoms with E-state index in [0.29, 0.717) is 0 Å². The molecule has 0 fully saturated rings. The average molecular weight is 213 g/mol. The van der Waals surface area contributed by atoms with Gasteiger partial charge in [0, 0.05) is 18.5 Å². The molecule has 6 nitrogen and oxygen atoms in total. The van der Waals surface area contributed by atoms with Crippen molar-refractivity contribution in [2.75, 3.05) is 4.72 Å². The first kappa shape index (κ1) is 8.82. The summed E-state index contributed by atoms with van der Waals surface area (Å²) in [5.74, 6) is 0.152. The normalized spacial score (nSPS) is 11.4. The Morgan fingerprint density at radius 2 is 2.07 bits per heavy atom. The van der Waals surface area contributed by atoms with Crippen molar-refractivity contribution in [1.82, 2.24) is 9.13 Å². The van der Waals surface area contributed by atoms with E-state index in [0.717, 1.165) is 3.97 Å². The number of nitrogens with one attached hydrogen (secondary N) is 1. The van der Waals surface area contributed by atoms with Crippen molar-refractivity contribution in [3.05, 3.63) is 36.9 Å². The number of aromatic nitrogens is 2. The molecule has 2 aromatic heterocycles. The number of rotatable bonds is 3. The van der Waals surface area contributed by atoms with Crippen LogP contribution in [0.25, 0.3) is 0 Å². The average Bonchev–Trinajstić information content (AvgIpc) is 2.71. The Hall–Kier alpha value is -1.76. The summed E-state index contributed by atoms with van der Waals surface area (Å²) in [5.41, 5.74) is 0. The molecule has 0 atom stereocenters. The highest BCUT2D eigenvalue weighted by atomic mass is 32.2. The lowest BCUT2D eigenvalue weighted by Gasteiger charge is -2.04. The van der Waals surface area contributed by atoms with E-state index in [-0.39, 0.29) is 5.82 Å². The van der Waals surface area contributed by atoms with E-state index in [4.69, 9.17) is 0 Å². The van der Waals surface area contributed by atoms with Gasteiger partial charge in [0.15, 0.2) is 5.82 Å². The third-order valence-electron chi connectivity index (χ3n) is 1.53. The largest absolute Gasteiger partial charge is 0.363 e. The summed E-state index contributed by atoms with van der Waals surface area (Å²) in [4.78, 5) is 0. The Morgan fingerprint density at radius 3 is 2.64 bits per heavy atom. The predicted molar refractivity (Wildman–Crippen MR) is 48.9 cm³/mol. The molecule has 0 spiro atoms. The second-order valence-corrected chi connectivity index (χ2v) is 4.08. The van der Waals surface area contributed by atoms with Crippen LogP contribution in [0.5, 0.6) is 0 Å². The van der Waals surface area contributed by atoms with E-state index in [1.54, 1.807) is 12.1 Å². The van der Waals surface area contributed by atoms with Crippen LogP contribution >= 0.6 is 0 Å². The molecule has 0 aromatic carbocycles. The summed E-state index contributed by atoms with van der Waals surface area (Å²) in [6.07, 6.45) is 4.12. The van der Waals surface area contributed by atoms with Gasteiger partial charge in [-0.05, 0) is 12.1 Å². The first-order valence-corrected chi connectivity index (χ1v) is 5.19. The minimum atomic E-state index is -3.60. The van der Waals surface area contributed by atoms with Crippen molar-refractivity contribution in [3.8, 4) is 0 Å². The highest BCUT2D eigenvalue weighted by Crippen LogP contribution is 2.06. The van der Waals surface area contributed by atoms with E-state index in [1.165, 1.54) is 24.7 Å². The molecule has 0 aliphatic carbocycles. The van der Waals surface area contributed by atoms with E-state index in [2.05, 4.69) is 14.4 Å². The summed E-state index contributed by atoms with van der Waals surface area (Å²) >= 11 is 0. The second kappa shape index (κ2) is 3.18. The Balaban J connectivity index is 2.27. The molecule has 1 N–H and O–H groups in total. The van der Waals surface area contributed by atoms with Gasteiger partial charge in [-0.15, -0.1) is 0 Å². The lowest BCUT2D eigenvalue weighted by Crippen LogP contribution is -2.20. The van der Waals surface area contributed by atoms with E-state index >= 15 is 0 Å². The SMILES string of the molecule is O=S(=O)(Nc1ccon1)n1cccc1. The van der Waals surface area contributed by atoms with Crippen molar-refractivity contribution in [2.45, 2.75) is 0 Å². The van der Waals surface area contributed by atoms with Crippen LogP contribution in [-0.2, 0) is 10.2 Å². The van der Waals surface area contributed by atoms with Crippen molar-refractivity contribution in [3.63, 3.8) is 0 Å². The van der Waals surface area contributed by atoms with Gasteiger partial charge in [-0.25, -0.2) is 8.69 Å². The molecular weight excluding hydrogens is 206 g/mol. The monoisotopic (exact) mass is 213 g/mol. The van der Waals surface area contributed by atoms with Gasteiger partial charge >= 0.3 is 10.2 Å². The van der Waals surface area contributed by atoms with E-state index in [9.17, 15) is 8.42 Å². The summed E-state index contributed by atoms with van der Waals surface area (Å²) in [6.45, 7) is 0. The first-order chi connectivity index (χ1) is 6.68. The Kier molecular flexibility index (Phi) is 2.01. The van der Waals surface area contributed by atoms with Crippen molar-refractivity contribution >= 4 is 16.0 Å². The van der Waals surface area contributed by atoms with Crippen molar-refractivity contribution < 1.29 is 12.9 Å². The number of hydrogen-bond acceptors (Lipinski definition) is 4. The van der Waals surface area contributed by atoms with Crippen LogP contribution in [0, 0.1) is 0 Å². The van der Waals surface area contributed by atoms with E-state index < -0.39 is 10.2 Å². The maximum absolute atomic E-state index is 11.5. The Bertz CT molecular complexity index is 486. The Morgan fingerprint density at radius 1 is 1.36 bits per heavy atom. The van der Waals surface area contributed by atoms with Gasteiger partial charge in [0.2, 0.25) is 0 Å². The summed E-state index contributed by atoms with van der Waals surface area (Å²) in [5, 5.41) is 3.43. The maximum Gasteiger partial charge on any atom is 0.328 e. The fourth-order valence-corrected chi connectivity index (χ4v) is 1.87. The number of anilines is 1. The topological polar surface area (TPSA) is 77.1 Å². The fourth-order valence-electron chi connectivity index (χ4n) is 0.929. The molecule has 0 aliphatic heterocycles. The molecule has 0 aliphatic rings. The molecular formula is C7H7N3O3S. The van der Waals surface area contributed by atoms with Crippen LogP contribution in [0.4, 0.5) is 5.82 Å². The van der Waals surface area contributed by atoms with Gasteiger partial charge in [-0.3, -0.25) is 0 Å². The van der Waals surface area contributed by atoms with Crippen molar-refractivity contribution in [2.24, 2.45) is 0 Å². The second-order valence-electron chi connectivity index (χ2n) is 2.50. The van der Waals surface area contributed by atoms with E-state index in [1.807, 2.05) is 0 Å². The molecule has 2 aromatic rings. The lowest BCUT2D eigenvalue weighted by atomic mass is 10.7. The molecule has 0 saturated carbocycles. The molecule has 14 heavy (non-hydrogen) atoms. The van der Waals surface area contributed by atoms with Gasteiger partial charge in [0.25, 0.3) is 0 Å². The zero-order chi connectivity index (χ0) is 10.0. The highest BCUT2D eigenvalue weighted by Gasteiger charge is 2.12. The minimum absolute atomic E-state index is 0.152. The highest BCUT2D eigenvalue weighted by molar-refractivity contribution is 7.91. The zero-order valence-corrected chi connectivity index (χ0v) is 7.81. The molecule has 0 saturated heterocycles.